The van der Waals surface area contributed by atoms with Gasteiger partial charge in [0.15, 0.2) is 0 Å². The molecular weight excluding hydrogens is 371 g/mol. The van der Waals surface area contributed by atoms with Gasteiger partial charge in [-0.25, -0.2) is 9.78 Å². The van der Waals surface area contributed by atoms with Crippen molar-refractivity contribution in [1.29, 1.82) is 0 Å². The summed E-state index contributed by atoms with van der Waals surface area (Å²) < 4.78 is 37.7. The van der Waals surface area contributed by atoms with Crippen LogP contribution < -0.4 is 10.2 Å². The van der Waals surface area contributed by atoms with Crippen molar-refractivity contribution >= 4 is 11.8 Å². The molecule has 0 aromatic carbocycles. The molecule has 0 saturated carbocycles. The first kappa shape index (κ1) is 20.7. The van der Waals surface area contributed by atoms with Crippen LogP contribution in [-0.2, 0) is 6.54 Å². The molecule has 1 aromatic rings. The van der Waals surface area contributed by atoms with Gasteiger partial charge in [-0.05, 0) is 43.4 Å². The number of hydrogen-bond donors (Lipinski definition) is 1. The Kier molecular flexibility index (Phi) is 6.98. The third-order valence-corrected chi connectivity index (χ3v) is 5.21. The van der Waals surface area contributed by atoms with Crippen LogP contribution in [0.15, 0.2) is 18.3 Å². The van der Waals surface area contributed by atoms with Crippen LogP contribution in [0.25, 0.3) is 0 Å². The van der Waals surface area contributed by atoms with Crippen LogP contribution in [0.5, 0.6) is 0 Å². The van der Waals surface area contributed by atoms with E-state index in [0.29, 0.717) is 32.6 Å². The normalized spacial score (nSPS) is 19.4. The predicted molar refractivity (Wildman–Crippen MR) is 101 cm³/mol. The lowest BCUT2D eigenvalue weighted by Crippen LogP contribution is -2.42. The second-order valence-electron chi connectivity index (χ2n) is 7.46. The topological polar surface area (TPSA) is 51.7 Å². The lowest BCUT2D eigenvalue weighted by Gasteiger charge is -2.28. The van der Waals surface area contributed by atoms with E-state index in [0.717, 1.165) is 24.5 Å². The summed E-state index contributed by atoms with van der Waals surface area (Å²) in [5.41, 5.74) is 0.970. The van der Waals surface area contributed by atoms with Gasteiger partial charge < -0.3 is 15.1 Å². The Balaban J connectivity index is 1.48. The molecular formula is C19H28F3N5O. The van der Waals surface area contributed by atoms with E-state index in [1.165, 1.54) is 24.2 Å². The summed E-state index contributed by atoms with van der Waals surface area (Å²) in [6.07, 6.45) is 1.68. The number of halogens is 3. The molecule has 2 saturated heterocycles. The number of nitrogens with zero attached hydrogens (tertiary/aromatic N) is 4. The highest BCUT2D eigenvalue weighted by Crippen LogP contribution is 2.19. The number of alkyl halides is 3. The summed E-state index contributed by atoms with van der Waals surface area (Å²) in [6.45, 7) is 2.83. The monoisotopic (exact) mass is 399 g/mol. The van der Waals surface area contributed by atoms with E-state index >= 15 is 0 Å². The van der Waals surface area contributed by atoms with Crippen LogP contribution in [0.1, 0.15) is 31.2 Å². The maximum absolute atomic E-state index is 12.6. The fourth-order valence-corrected chi connectivity index (χ4v) is 3.74. The molecule has 0 atom stereocenters. The van der Waals surface area contributed by atoms with Crippen molar-refractivity contribution in [2.24, 2.45) is 0 Å². The third kappa shape index (κ3) is 6.25. The molecule has 156 valence electrons. The summed E-state index contributed by atoms with van der Waals surface area (Å²) in [7, 11) is 0. The minimum atomic E-state index is -4.20. The van der Waals surface area contributed by atoms with Crippen LogP contribution in [-0.4, -0.2) is 72.8 Å². The minimum Gasteiger partial charge on any atom is -0.357 e. The first-order chi connectivity index (χ1) is 13.4. The minimum absolute atomic E-state index is 0.231. The van der Waals surface area contributed by atoms with E-state index in [4.69, 9.17) is 0 Å². The number of rotatable bonds is 4. The van der Waals surface area contributed by atoms with Gasteiger partial charge in [0.1, 0.15) is 5.82 Å². The maximum Gasteiger partial charge on any atom is 0.401 e. The van der Waals surface area contributed by atoms with Crippen LogP contribution in [0.3, 0.4) is 0 Å². The number of amides is 2. The highest BCUT2D eigenvalue weighted by atomic mass is 19.4. The molecule has 1 N–H and O–H groups in total. The molecule has 0 radical (unpaired) electrons. The lowest BCUT2D eigenvalue weighted by molar-refractivity contribution is -0.145. The average Bonchev–Trinajstić information content (AvgIpc) is 2.91. The average molecular weight is 399 g/mol. The summed E-state index contributed by atoms with van der Waals surface area (Å²) in [6, 6.07) is 3.64. The van der Waals surface area contributed by atoms with E-state index in [-0.39, 0.29) is 12.6 Å². The zero-order chi connectivity index (χ0) is 20.0. The van der Waals surface area contributed by atoms with E-state index in [9.17, 15) is 18.0 Å². The molecule has 2 amide bonds. The largest absolute Gasteiger partial charge is 0.401 e. The van der Waals surface area contributed by atoms with E-state index in [2.05, 4.69) is 15.2 Å². The highest BCUT2D eigenvalue weighted by Gasteiger charge is 2.31. The van der Waals surface area contributed by atoms with Crippen molar-refractivity contribution in [3.8, 4) is 0 Å². The number of anilines is 1. The van der Waals surface area contributed by atoms with Crippen LogP contribution >= 0.6 is 0 Å². The van der Waals surface area contributed by atoms with Gasteiger partial charge in [0.2, 0.25) is 0 Å². The Hall–Kier alpha value is -2.03. The van der Waals surface area contributed by atoms with Crippen molar-refractivity contribution in [1.82, 2.24) is 20.1 Å². The molecule has 0 bridgehead atoms. The number of carbonyl (C=O) groups excluding carboxylic acids is 1. The molecule has 9 heteroatoms. The number of aromatic nitrogens is 1. The Morgan fingerprint density at radius 3 is 2.57 bits per heavy atom. The fraction of sp³-hybridized carbons (Fsp3) is 0.684. The molecule has 0 unspecified atom stereocenters. The second kappa shape index (κ2) is 9.45. The van der Waals surface area contributed by atoms with Crippen molar-refractivity contribution in [2.45, 2.75) is 38.4 Å². The van der Waals surface area contributed by atoms with Crippen molar-refractivity contribution in [3.63, 3.8) is 0 Å². The summed E-state index contributed by atoms with van der Waals surface area (Å²) >= 11 is 0. The van der Waals surface area contributed by atoms with Gasteiger partial charge >= 0.3 is 12.2 Å². The van der Waals surface area contributed by atoms with Gasteiger partial charge in [0, 0.05) is 52.0 Å². The Morgan fingerprint density at radius 1 is 1.04 bits per heavy atom. The lowest BCUT2D eigenvalue weighted by atomic mass is 10.1. The SMILES string of the molecule is O=C(NCc1ccnc(N2CCCCC2)c1)N1CCCN(CC(F)(F)F)CC1. The number of piperidine rings is 1. The van der Waals surface area contributed by atoms with E-state index in [1.54, 1.807) is 11.1 Å². The quantitative estimate of drug-likeness (QED) is 0.846. The number of carbonyl (C=O) groups is 1. The molecule has 3 heterocycles. The maximum atomic E-state index is 12.6. The predicted octanol–water partition coefficient (Wildman–Crippen LogP) is 2.85. The van der Waals surface area contributed by atoms with Crippen molar-refractivity contribution in [3.05, 3.63) is 23.9 Å². The molecule has 28 heavy (non-hydrogen) atoms. The highest BCUT2D eigenvalue weighted by molar-refractivity contribution is 5.74. The molecule has 6 nitrogen and oxygen atoms in total. The van der Waals surface area contributed by atoms with Crippen LogP contribution in [0.2, 0.25) is 0 Å². The molecule has 0 aliphatic carbocycles. The first-order valence-corrected chi connectivity index (χ1v) is 9.92. The molecule has 0 spiro atoms. The summed E-state index contributed by atoms with van der Waals surface area (Å²) in [4.78, 5) is 22.1. The van der Waals surface area contributed by atoms with E-state index in [1.807, 2.05) is 12.1 Å². The Bertz CT molecular complexity index is 649. The molecule has 2 fully saturated rings. The molecule has 3 rings (SSSR count). The second-order valence-corrected chi connectivity index (χ2v) is 7.46. The molecule has 1 aromatic heterocycles. The van der Waals surface area contributed by atoms with Crippen molar-refractivity contribution in [2.75, 3.05) is 50.7 Å². The van der Waals surface area contributed by atoms with Gasteiger partial charge in [0.05, 0.1) is 6.54 Å². The Morgan fingerprint density at radius 2 is 1.82 bits per heavy atom. The van der Waals surface area contributed by atoms with Crippen LogP contribution in [0, 0.1) is 0 Å². The van der Waals surface area contributed by atoms with Gasteiger partial charge in [-0.15, -0.1) is 0 Å². The molecule has 2 aliphatic rings. The van der Waals surface area contributed by atoms with Gasteiger partial charge in [-0.3, -0.25) is 4.90 Å². The standard InChI is InChI=1S/C19H28F3N5O/c20-19(21,22)15-25-7-4-10-27(12-11-25)18(28)24-14-16-5-6-23-17(13-16)26-8-2-1-3-9-26/h5-6,13H,1-4,7-12,14-15H2,(H,24,28). The summed E-state index contributed by atoms with van der Waals surface area (Å²) in [5.74, 6) is 0.934. The number of urea groups is 1. The van der Waals surface area contributed by atoms with Crippen LogP contribution in [0.4, 0.5) is 23.8 Å². The molecule has 2 aliphatic heterocycles. The zero-order valence-electron chi connectivity index (χ0n) is 16.0. The van der Waals surface area contributed by atoms with Crippen molar-refractivity contribution < 1.29 is 18.0 Å². The summed E-state index contributed by atoms with van der Waals surface area (Å²) in [5, 5.41) is 2.89. The smallest absolute Gasteiger partial charge is 0.357 e. The fourth-order valence-electron chi connectivity index (χ4n) is 3.74. The van der Waals surface area contributed by atoms with Gasteiger partial charge in [0.25, 0.3) is 0 Å². The number of nitrogens with one attached hydrogen (secondary N) is 1. The first-order valence-electron chi connectivity index (χ1n) is 9.92. The third-order valence-electron chi connectivity index (χ3n) is 5.21. The van der Waals surface area contributed by atoms with Gasteiger partial charge in [-0.2, -0.15) is 13.2 Å². The zero-order valence-corrected chi connectivity index (χ0v) is 16.0. The van der Waals surface area contributed by atoms with E-state index < -0.39 is 12.7 Å². The van der Waals surface area contributed by atoms with Gasteiger partial charge in [-0.1, -0.05) is 0 Å². The number of pyridine rings is 1. The number of hydrogen-bond acceptors (Lipinski definition) is 4. The Labute approximate surface area is 163 Å².